The van der Waals surface area contributed by atoms with E-state index in [1.807, 2.05) is 4.72 Å². The first-order chi connectivity index (χ1) is 8.81. The van der Waals surface area contributed by atoms with E-state index in [1.54, 1.807) is 0 Å². The average Bonchev–Trinajstić information content (AvgIpc) is 2.84. The molecule has 0 aliphatic rings. The first-order valence-corrected chi connectivity index (χ1v) is 6.41. The monoisotopic (exact) mass is 287 g/mol. The molecule has 0 aromatic carbocycles. The van der Waals surface area contributed by atoms with Gasteiger partial charge in [-0.3, -0.25) is 5.10 Å². The Bertz CT molecular complexity index is 731. The molecule has 2 aromatic rings. The summed E-state index contributed by atoms with van der Waals surface area (Å²) in [5.41, 5.74) is -0.526. The number of carboxylic acids is 1. The number of hydrogen-bond donors (Lipinski definition) is 3. The van der Waals surface area contributed by atoms with Crippen molar-refractivity contribution in [2.24, 2.45) is 0 Å². The zero-order chi connectivity index (χ0) is 14.2. The Kier molecular flexibility index (Phi) is 2.98. The number of anilines is 1. The van der Waals surface area contributed by atoms with Crippen LogP contribution in [0.2, 0.25) is 0 Å². The fraction of sp³-hybridized carbons (Fsp3) is 0.250. The van der Waals surface area contributed by atoms with Crippen LogP contribution in [0.3, 0.4) is 0 Å². The second-order valence-electron chi connectivity index (χ2n) is 3.56. The molecule has 10 nitrogen and oxygen atoms in total. The summed E-state index contributed by atoms with van der Waals surface area (Å²) in [6, 6.07) is -0.352. The Hall–Kier alpha value is -2.43. The van der Waals surface area contributed by atoms with Gasteiger partial charge in [0.05, 0.1) is 5.69 Å². The van der Waals surface area contributed by atoms with Crippen molar-refractivity contribution in [1.82, 2.24) is 20.4 Å². The van der Waals surface area contributed by atoms with Crippen LogP contribution in [0.5, 0.6) is 0 Å². The molecule has 0 fully saturated rings. The lowest BCUT2D eigenvalue weighted by Gasteiger charge is -2.03. The van der Waals surface area contributed by atoms with E-state index in [1.165, 1.54) is 13.8 Å². The van der Waals surface area contributed by atoms with Crippen LogP contribution in [0.1, 0.15) is 22.1 Å². The highest BCUT2D eigenvalue weighted by Gasteiger charge is 2.29. The Balaban J connectivity index is 2.45. The smallest absolute Gasteiger partial charge is 0.357 e. The second-order valence-corrected chi connectivity index (χ2v) is 5.18. The van der Waals surface area contributed by atoms with Crippen molar-refractivity contribution in [3.05, 3.63) is 17.3 Å². The van der Waals surface area contributed by atoms with Crippen molar-refractivity contribution in [2.45, 2.75) is 18.7 Å². The van der Waals surface area contributed by atoms with Crippen LogP contribution < -0.4 is 4.72 Å². The topological polar surface area (TPSA) is 151 Å². The third-order valence-corrected chi connectivity index (χ3v) is 3.59. The number of aromatic carboxylic acids is 1. The molecule has 0 amide bonds. The van der Waals surface area contributed by atoms with Crippen molar-refractivity contribution < 1.29 is 22.7 Å². The molecular formula is C8H9N5O5S. The predicted molar refractivity (Wildman–Crippen MR) is 60.1 cm³/mol. The molecule has 0 aliphatic carbocycles. The molecule has 0 saturated carbocycles. The predicted octanol–water partition coefficient (Wildman–Crippen LogP) is -0.0915. The van der Waals surface area contributed by atoms with E-state index in [0.29, 0.717) is 0 Å². The Labute approximate surface area is 106 Å². The number of rotatable bonds is 4. The van der Waals surface area contributed by atoms with E-state index in [2.05, 4.69) is 20.4 Å². The van der Waals surface area contributed by atoms with Crippen molar-refractivity contribution >= 4 is 22.0 Å². The Morgan fingerprint density at radius 2 is 2.05 bits per heavy atom. The van der Waals surface area contributed by atoms with Gasteiger partial charge in [-0.1, -0.05) is 5.10 Å². The van der Waals surface area contributed by atoms with Gasteiger partial charge in [-0.15, -0.1) is 5.10 Å². The van der Waals surface area contributed by atoms with Gasteiger partial charge in [0.2, 0.25) is 5.89 Å². The maximum absolute atomic E-state index is 12.1. The minimum absolute atomic E-state index is 0.0844. The van der Waals surface area contributed by atoms with E-state index in [4.69, 9.17) is 9.52 Å². The fourth-order valence-corrected chi connectivity index (χ4v) is 2.65. The third-order valence-electron chi connectivity index (χ3n) is 2.11. The minimum Gasteiger partial charge on any atom is -0.476 e. The van der Waals surface area contributed by atoms with Gasteiger partial charge in [0.15, 0.2) is 5.69 Å². The standard InChI is InChI=1S/C8H9N5O5S/c1-3-6(5(7(14)15)11-9-3)19(16,17)13-8-12-10-4(2)18-8/h1-2H3,(H,9,11)(H,12,13)(H,14,15). The fourth-order valence-electron chi connectivity index (χ4n) is 1.40. The lowest BCUT2D eigenvalue weighted by molar-refractivity contribution is 0.0686. The van der Waals surface area contributed by atoms with Crippen LogP contribution in [0.25, 0.3) is 0 Å². The Morgan fingerprint density at radius 1 is 1.37 bits per heavy atom. The van der Waals surface area contributed by atoms with E-state index in [9.17, 15) is 13.2 Å². The van der Waals surface area contributed by atoms with Gasteiger partial charge in [0.1, 0.15) is 4.90 Å². The highest BCUT2D eigenvalue weighted by Crippen LogP contribution is 2.20. The molecule has 19 heavy (non-hydrogen) atoms. The number of sulfonamides is 1. The molecule has 0 atom stereocenters. The molecule has 2 heterocycles. The highest BCUT2D eigenvalue weighted by molar-refractivity contribution is 7.92. The number of hydrogen-bond acceptors (Lipinski definition) is 7. The van der Waals surface area contributed by atoms with Crippen molar-refractivity contribution in [2.75, 3.05) is 4.72 Å². The average molecular weight is 287 g/mol. The van der Waals surface area contributed by atoms with Crippen molar-refractivity contribution in [3.63, 3.8) is 0 Å². The molecule has 0 spiro atoms. The maximum atomic E-state index is 12.1. The highest BCUT2D eigenvalue weighted by atomic mass is 32.2. The first-order valence-electron chi connectivity index (χ1n) is 4.92. The molecule has 0 saturated heterocycles. The number of aryl methyl sites for hydroxylation is 2. The van der Waals surface area contributed by atoms with E-state index >= 15 is 0 Å². The number of carbonyl (C=O) groups is 1. The van der Waals surface area contributed by atoms with Gasteiger partial charge in [0, 0.05) is 6.92 Å². The minimum atomic E-state index is -4.18. The van der Waals surface area contributed by atoms with Crippen LogP contribution in [-0.4, -0.2) is 39.9 Å². The lowest BCUT2D eigenvalue weighted by Crippen LogP contribution is -2.17. The quantitative estimate of drug-likeness (QED) is 0.705. The molecule has 0 radical (unpaired) electrons. The number of nitrogens with one attached hydrogen (secondary N) is 2. The molecule has 0 bridgehead atoms. The van der Waals surface area contributed by atoms with E-state index in [-0.39, 0.29) is 17.6 Å². The normalized spacial score (nSPS) is 11.5. The van der Waals surface area contributed by atoms with Crippen molar-refractivity contribution in [1.29, 1.82) is 0 Å². The summed E-state index contributed by atoms with van der Waals surface area (Å²) in [4.78, 5) is 10.4. The summed E-state index contributed by atoms with van der Waals surface area (Å²) in [6.07, 6.45) is 0. The summed E-state index contributed by atoms with van der Waals surface area (Å²) >= 11 is 0. The number of aromatic amines is 1. The SMILES string of the molecule is Cc1nnc(NS(=O)(=O)c2c(C(=O)O)n[nH]c2C)o1. The summed E-state index contributed by atoms with van der Waals surface area (Å²) < 4.78 is 31.0. The van der Waals surface area contributed by atoms with Gasteiger partial charge in [-0.2, -0.15) is 5.10 Å². The van der Waals surface area contributed by atoms with Gasteiger partial charge < -0.3 is 9.52 Å². The largest absolute Gasteiger partial charge is 0.476 e. The van der Waals surface area contributed by atoms with Crippen LogP contribution in [0.15, 0.2) is 9.31 Å². The molecule has 3 N–H and O–H groups in total. The first kappa shape index (κ1) is 13.0. The summed E-state index contributed by atoms with van der Waals surface area (Å²) in [6.45, 7) is 2.86. The number of nitrogens with zero attached hydrogens (tertiary/aromatic N) is 3. The second kappa shape index (κ2) is 4.35. The van der Waals surface area contributed by atoms with E-state index in [0.717, 1.165) is 0 Å². The zero-order valence-electron chi connectivity index (χ0n) is 9.83. The van der Waals surface area contributed by atoms with Crippen LogP contribution in [0.4, 0.5) is 6.01 Å². The number of aromatic nitrogens is 4. The van der Waals surface area contributed by atoms with Crippen LogP contribution >= 0.6 is 0 Å². The van der Waals surface area contributed by atoms with Crippen LogP contribution in [0, 0.1) is 13.8 Å². The van der Waals surface area contributed by atoms with Gasteiger partial charge in [0.25, 0.3) is 10.0 Å². The molecule has 102 valence electrons. The Morgan fingerprint density at radius 3 is 2.58 bits per heavy atom. The van der Waals surface area contributed by atoms with Gasteiger partial charge >= 0.3 is 12.0 Å². The third kappa shape index (κ3) is 2.40. The molecule has 0 unspecified atom stereocenters. The molecule has 2 aromatic heterocycles. The van der Waals surface area contributed by atoms with E-state index < -0.39 is 26.6 Å². The maximum Gasteiger partial charge on any atom is 0.357 e. The molecular weight excluding hydrogens is 278 g/mol. The number of carboxylic acid groups (broad SMARTS) is 1. The zero-order valence-corrected chi connectivity index (χ0v) is 10.6. The van der Waals surface area contributed by atoms with Gasteiger partial charge in [-0.05, 0) is 6.92 Å². The van der Waals surface area contributed by atoms with Crippen LogP contribution in [-0.2, 0) is 10.0 Å². The van der Waals surface area contributed by atoms with Crippen molar-refractivity contribution in [3.8, 4) is 0 Å². The number of H-pyrrole nitrogens is 1. The summed E-state index contributed by atoms with van der Waals surface area (Å²) in [5, 5.41) is 21.5. The van der Waals surface area contributed by atoms with Gasteiger partial charge in [-0.25, -0.2) is 17.9 Å². The molecule has 2 rings (SSSR count). The summed E-state index contributed by atoms with van der Waals surface area (Å²) in [7, 11) is -4.18. The lowest BCUT2D eigenvalue weighted by atomic mass is 10.4. The molecule has 0 aliphatic heterocycles. The molecule has 11 heteroatoms. The summed E-state index contributed by atoms with van der Waals surface area (Å²) in [5.74, 6) is -1.30.